The molecule has 0 unspecified atom stereocenters. The Morgan fingerprint density at radius 1 is 0.632 bits per heavy atom. The third kappa shape index (κ3) is 9.53. The number of carbonyl (C=O) groups excluding carboxylic acids is 3. The summed E-state index contributed by atoms with van der Waals surface area (Å²) in [5, 5.41) is 0. The minimum absolute atomic E-state index is 0.757. The van der Waals surface area contributed by atoms with Crippen LogP contribution in [0.1, 0.15) is 0 Å². The minimum atomic E-state index is -3.83. The van der Waals surface area contributed by atoms with Gasteiger partial charge in [-0.3, -0.25) is 0 Å². The van der Waals surface area contributed by atoms with Crippen molar-refractivity contribution in [1.29, 1.82) is 0 Å². The van der Waals surface area contributed by atoms with Crippen LogP contribution in [-0.4, -0.2) is 46.4 Å². The topological polar surface area (TPSA) is 78.9 Å². The van der Waals surface area contributed by atoms with E-state index in [1.165, 1.54) is 0 Å². The van der Waals surface area contributed by atoms with Crippen molar-refractivity contribution in [3.63, 3.8) is 0 Å². The fraction of sp³-hybridized carbons (Fsp3) is 0.500. The average Bonchev–Trinajstić information content (AvgIpc) is 2.27. The molecule has 0 aromatic carbocycles. The number of rotatable bonds is 6. The van der Waals surface area contributed by atoms with Crippen LogP contribution in [0, 0.1) is 0 Å². The molecule has 0 aliphatic carbocycles. The van der Waals surface area contributed by atoms with Crippen molar-refractivity contribution in [2.24, 2.45) is 0 Å². The summed E-state index contributed by atoms with van der Waals surface area (Å²) < 4.78 is 12.1. The molecular formula is C6H3Br6GaO6. The maximum atomic E-state index is 11.4. The van der Waals surface area contributed by atoms with Gasteiger partial charge in [-0.2, -0.15) is 0 Å². The first-order valence-electron chi connectivity index (χ1n) is 4.11. The Bertz CT molecular complexity index is 297. The van der Waals surface area contributed by atoms with E-state index in [9.17, 15) is 14.4 Å². The predicted octanol–water partition coefficient (Wildman–Crippen LogP) is 2.95. The Morgan fingerprint density at radius 3 is 1.00 bits per heavy atom. The van der Waals surface area contributed by atoms with Gasteiger partial charge in [0.05, 0.1) is 0 Å². The summed E-state index contributed by atoms with van der Waals surface area (Å²) in [4.78, 5) is 34.1. The monoisotopic (exact) mass is 713 g/mol. The molecule has 0 fully saturated rings. The summed E-state index contributed by atoms with van der Waals surface area (Å²) in [6.07, 6.45) is 0. The van der Waals surface area contributed by atoms with E-state index >= 15 is 0 Å². The molecule has 19 heavy (non-hydrogen) atoms. The van der Waals surface area contributed by atoms with Crippen LogP contribution in [0.4, 0.5) is 0 Å². The molecule has 0 bridgehead atoms. The van der Waals surface area contributed by atoms with Gasteiger partial charge in [-0.1, -0.05) is 0 Å². The number of carbonyl (C=O) groups is 3. The van der Waals surface area contributed by atoms with Crippen molar-refractivity contribution in [2.45, 2.75) is 11.2 Å². The first kappa shape index (κ1) is 20.9. The van der Waals surface area contributed by atoms with E-state index in [0.717, 1.165) is 0 Å². The molecule has 0 amide bonds. The standard InChI is InChI=1S/3C2H2Br2O2.Ga/c3*3-1(4)2(5)6;/h3*1H,(H,5,6);/q;;;+3/p-3. The summed E-state index contributed by atoms with van der Waals surface area (Å²) in [7, 11) is 0. The van der Waals surface area contributed by atoms with E-state index in [1.54, 1.807) is 0 Å². The first-order chi connectivity index (χ1) is 8.65. The first-order valence-corrected chi connectivity index (χ1v) is 12.6. The fourth-order valence-corrected chi connectivity index (χ4v) is 6.02. The third-order valence-electron chi connectivity index (χ3n) is 1.17. The molecule has 6 nitrogen and oxygen atoms in total. The van der Waals surface area contributed by atoms with Gasteiger partial charge in [-0.15, -0.1) is 0 Å². The molecule has 108 valence electrons. The van der Waals surface area contributed by atoms with Crippen LogP contribution >= 0.6 is 95.6 Å². The molecule has 0 N–H and O–H groups in total. The van der Waals surface area contributed by atoms with Crippen molar-refractivity contribution in [1.82, 2.24) is 0 Å². The molecule has 13 heteroatoms. The number of hydrogen-bond donors (Lipinski definition) is 0. The average molecular weight is 720 g/mol. The molecule has 0 radical (unpaired) electrons. The molecule has 0 aromatic rings. The zero-order valence-corrected chi connectivity index (χ0v) is 20.5. The Labute approximate surface area is 165 Å². The molecule has 0 rings (SSSR count). The molecule has 0 saturated carbocycles. The van der Waals surface area contributed by atoms with Gasteiger partial charge in [0.15, 0.2) is 0 Å². The van der Waals surface area contributed by atoms with Gasteiger partial charge in [0.2, 0.25) is 0 Å². The van der Waals surface area contributed by atoms with E-state index in [4.69, 9.17) is 10.6 Å². The predicted molar refractivity (Wildman–Crippen MR) is 89.0 cm³/mol. The maximum absolute atomic E-state index is 11.4. The van der Waals surface area contributed by atoms with Crippen molar-refractivity contribution in [3.05, 3.63) is 0 Å². The van der Waals surface area contributed by atoms with Crippen molar-refractivity contribution < 1.29 is 25.0 Å². The van der Waals surface area contributed by atoms with Crippen LogP contribution in [0.15, 0.2) is 0 Å². The van der Waals surface area contributed by atoms with Gasteiger partial charge in [0.25, 0.3) is 0 Å². The summed E-state index contributed by atoms with van der Waals surface area (Å²) in [6, 6.07) is 0. The number of halogens is 6. The zero-order chi connectivity index (χ0) is 15.2. The Balaban J connectivity index is 4.68. The SMILES string of the molecule is O=C([O][Ga]([O]C(=O)C(Br)Br)[O]C(=O)C(Br)Br)C(Br)Br. The molecule has 0 aromatic heterocycles. The molecule has 0 heterocycles. The van der Waals surface area contributed by atoms with Gasteiger partial charge in [-0.25, -0.2) is 0 Å². The normalized spacial score (nSPS) is 10.6. The van der Waals surface area contributed by atoms with Crippen LogP contribution in [0.3, 0.4) is 0 Å². The zero-order valence-electron chi connectivity index (χ0n) is 8.53. The third-order valence-corrected chi connectivity index (χ3v) is 6.09. The van der Waals surface area contributed by atoms with Crippen LogP contribution in [0.2, 0.25) is 0 Å². The van der Waals surface area contributed by atoms with E-state index < -0.39 is 46.4 Å². The second kappa shape index (κ2) is 10.6. The van der Waals surface area contributed by atoms with Crippen molar-refractivity contribution in [2.75, 3.05) is 0 Å². The summed E-state index contributed by atoms with van der Waals surface area (Å²) >= 11 is 13.6. The Hall–Kier alpha value is 1.93. The molecule has 0 spiro atoms. The molecule has 0 aliphatic heterocycles. The van der Waals surface area contributed by atoms with Gasteiger partial charge in [0, 0.05) is 0 Å². The Kier molecular flexibility index (Phi) is 11.7. The van der Waals surface area contributed by atoms with Crippen molar-refractivity contribution in [3.8, 4) is 0 Å². The van der Waals surface area contributed by atoms with E-state index in [-0.39, 0.29) is 0 Å². The van der Waals surface area contributed by atoms with Crippen LogP contribution in [0.25, 0.3) is 0 Å². The van der Waals surface area contributed by atoms with E-state index in [1.807, 2.05) is 0 Å². The summed E-state index contributed by atoms with van der Waals surface area (Å²) in [5.41, 5.74) is 0. The molecule has 0 saturated heterocycles. The van der Waals surface area contributed by atoms with Gasteiger partial charge in [-0.05, 0) is 0 Å². The fourth-order valence-electron chi connectivity index (χ4n) is 0.511. The Morgan fingerprint density at radius 2 is 0.842 bits per heavy atom. The van der Waals surface area contributed by atoms with Crippen LogP contribution in [-0.2, 0) is 25.0 Å². The quantitative estimate of drug-likeness (QED) is 0.311. The van der Waals surface area contributed by atoms with Crippen LogP contribution in [0.5, 0.6) is 0 Å². The molecule has 0 atom stereocenters. The number of hydrogen-bond acceptors (Lipinski definition) is 6. The van der Waals surface area contributed by atoms with Crippen LogP contribution < -0.4 is 0 Å². The van der Waals surface area contributed by atoms with Gasteiger partial charge < -0.3 is 0 Å². The van der Waals surface area contributed by atoms with Gasteiger partial charge in [0.1, 0.15) is 0 Å². The van der Waals surface area contributed by atoms with Gasteiger partial charge >= 0.3 is 167 Å². The second-order valence-corrected chi connectivity index (χ2v) is 14.4. The molecular weight excluding hydrogens is 717 g/mol. The number of alkyl halides is 6. The second-order valence-electron chi connectivity index (χ2n) is 2.50. The summed E-state index contributed by atoms with van der Waals surface area (Å²) in [6.45, 7) is 0. The van der Waals surface area contributed by atoms with E-state index in [0.29, 0.717) is 0 Å². The molecule has 0 aliphatic rings. The van der Waals surface area contributed by atoms with E-state index in [2.05, 4.69) is 95.6 Å². The van der Waals surface area contributed by atoms with Crippen molar-refractivity contribution >= 4 is 131 Å². The summed E-state index contributed by atoms with van der Waals surface area (Å²) in [5.74, 6) is -2.27.